The van der Waals surface area contributed by atoms with Crippen LogP contribution in [0, 0.1) is 5.82 Å². The number of ether oxygens (including phenoxy) is 2. The summed E-state index contributed by atoms with van der Waals surface area (Å²) in [5, 5.41) is 0.341. The predicted molar refractivity (Wildman–Crippen MR) is 90.7 cm³/mol. The molecule has 0 aromatic heterocycles. The maximum atomic E-state index is 13.6. The van der Waals surface area contributed by atoms with Crippen molar-refractivity contribution in [1.82, 2.24) is 0 Å². The molecule has 4 nitrogen and oxygen atoms in total. The molecule has 0 saturated heterocycles. The van der Waals surface area contributed by atoms with Crippen molar-refractivity contribution >= 4 is 23.2 Å². The van der Waals surface area contributed by atoms with Crippen molar-refractivity contribution in [3.63, 3.8) is 0 Å². The molecule has 24 heavy (non-hydrogen) atoms. The van der Waals surface area contributed by atoms with Gasteiger partial charge in [0.2, 0.25) is 0 Å². The molecular weight excluding hydrogens is 333 g/mol. The first kappa shape index (κ1) is 16.9. The molecule has 0 unspecified atom stereocenters. The SMILES string of the molecule is COCCN1C(=O)COCc2cc(-c3cc(F)cc(Cl)c3)ccc21. The zero-order valence-electron chi connectivity index (χ0n) is 13.2. The minimum absolute atomic E-state index is 0.0273. The highest BCUT2D eigenvalue weighted by atomic mass is 35.5. The molecule has 0 atom stereocenters. The van der Waals surface area contributed by atoms with Gasteiger partial charge in [-0.25, -0.2) is 4.39 Å². The molecule has 1 amide bonds. The number of nitrogens with zero attached hydrogens (tertiary/aromatic N) is 1. The van der Waals surface area contributed by atoms with Crippen LogP contribution >= 0.6 is 11.6 Å². The summed E-state index contributed by atoms with van der Waals surface area (Å²) < 4.78 is 24.1. The fourth-order valence-corrected chi connectivity index (χ4v) is 2.97. The Hall–Kier alpha value is -1.95. The summed E-state index contributed by atoms with van der Waals surface area (Å²) in [6.07, 6.45) is 0. The largest absolute Gasteiger partial charge is 0.383 e. The third-order valence-electron chi connectivity index (χ3n) is 3.87. The van der Waals surface area contributed by atoms with Gasteiger partial charge in [-0.05, 0) is 41.5 Å². The van der Waals surface area contributed by atoms with Crippen molar-refractivity contribution in [1.29, 1.82) is 0 Å². The van der Waals surface area contributed by atoms with Crippen molar-refractivity contribution in [2.75, 3.05) is 31.8 Å². The Morgan fingerprint density at radius 3 is 2.79 bits per heavy atom. The topological polar surface area (TPSA) is 38.8 Å². The first-order chi connectivity index (χ1) is 11.6. The van der Waals surface area contributed by atoms with Gasteiger partial charge in [-0.2, -0.15) is 0 Å². The van der Waals surface area contributed by atoms with Crippen LogP contribution in [0.2, 0.25) is 5.02 Å². The molecule has 2 aromatic carbocycles. The molecule has 0 radical (unpaired) electrons. The molecule has 2 aromatic rings. The Balaban J connectivity index is 2.00. The van der Waals surface area contributed by atoms with Crippen LogP contribution in [-0.4, -0.2) is 32.8 Å². The summed E-state index contributed by atoms with van der Waals surface area (Å²) in [4.78, 5) is 13.9. The lowest BCUT2D eigenvalue weighted by atomic mass is 10.0. The monoisotopic (exact) mass is 349 g/mol. The highest BCUT2D eigenvalue weighted by molar-refractivity contribution is 6.30. The summed E-state index contributed by atoms with van der Waals surface area (Å²) in [7, 11) is 1.59. The minimum atomic E-state index is -0.388. The second-order valence-corrected chi connectivity index (χ2v) is 5.97. The Labute approximate surface area is 144 Å². The van der Waals surface area contributed by atoms with Gasteiger partial charge in [-0.15, -0.1) is 0 Å². The highest BCUT2D eigenvalue weighted by Gasteiger charge is 2.22. The number of halogens is 2. The van der Waals surface area contributed by atoms with E-state index in [1.807, 2.05) is 18.2 Å². The quantitative estimate of drug-likeness (QED) is 0.845. The molecule has 1 aliphatic rings. The first-order valence-corrected chi connectivity index (χ1v) is 7.92. The normalized spacial score (nSPS) is 14.5. The number of methoxy groups -OCH3 is 1. The van der Waals surface area contributed by atoms with E-state index in [4.69, 9.17) is 21.1 Å². The zero-order chi connectivity index (χ0) is 17.1. The molecule has 0 saturated carbocycles. The maximum absolute atomic E-state index is 13.6. The second kappa shape index (κ2) is 7.30. The Bertz CT molecular complexity index is 746. The van der Waals surface area contributed by atoms with E-state index in [-0.39, 0.29) is 18.3 Å². The van der Waals surface area contributed by atoms with E-state index in [9.17, 15) is 9.18 Å². The first-order valence-electron chi connectivity index (χ1n) is 7.55. The van der Waals surface area contributed by atoms with Crippen molar-refractivity contribution in [2.45, 2.75) is 6.61 Å². The van der Waals surface area contributed by atoms with Crippen molar-refractivity contribution in [3.05, 3.63) is 52.8 Å². The van der Waals surface area contributed by atoms with Gasteiger partial charge < -0.3 is 14.4 Å². The second-order valence-electron chi connectivity index (χ2n) is 5.53. The summed E-state index contributed by atoms with van der Waals surface area (Å²) >= 11 is 5.94. The number of carbonyl (C=O) groups is 1. The van der Waals surface area contributed by atoms with Crippen molar-refractivity contribution < 1.29 is 18.7 Å². The van der Waals surface area contributed by atoms with Gasteiger partial charge in [0.25, 0.3) is 5.91 Å². The van der Waals surface area contributed by atoms with Crippen LogP contribution in [0.25, 0.3) is 11.1 Å². The van der Waals surface area contributed by atoms with Crippen LogP contribution in [-0.2, 0) is 20.9 Å². The number of rotatable bonds is 4. The standard InChI is InChI=1S/C18H17ClFNO3/c1-23-5-4-21-17-3-2-12(6-14(17)10-24-11-18(21)22)13-7-15(19)9-16(20)8-13/h2-3,6-9H,4-5,10-11H2,1H3. The zero-order valence-corrected chi connectivity index (χ0v) is 14.0. The summed E-state index contributed by atoms with van der Waals surface area (Å²) in [6, 6.07) is 10.0. The number of hydrogen-bond donors (Lipinski definition) is 0. The Kier molecular flexibility index (Phi) is 5.14. The van der Waals surface area contributed by atoms with Crippen LogP contribution < -0.4 is 4.90 Å². The summed E-state index contributed by atoms with van der Waals surface area (Å²) in [6.45, 7) is 1.24. The van der Waals surface area contributed by atoms with Crippen LogP contribution in [0.15, 0.2) is 36.4 Å². The van der Waals surface area contributed by atoms with Gasteiger partial charge in [0.15, 0.2) is 0 Å². The van der Waals surface area contributed by atoms with Gasteiger partial charge in [0.1, 0.15) is 12.4 Å². The number of anilines is 1. The van der Waals surface area contributed by atoms with E-state index in [1.165, 1.54) is 12.1 Å². The van der Waals surface area contributed by atoms with E-state index >= 15 is 0 Å². The number of hydrogen-bond acceptors (Lipinski definition) is 3. The van der Waals surface area contributed by atoms with Gasteiger partial charge >= 0.3 is 0 Å². The van der Waals surface area contributed by atoms with Crippen molar-refractivity contribution in [3.8, 4) is 11.1 Å². The number of carbonyl (C=O) groups excluding carboxylic acids is 1. The lowest BCUT2D eigenvalue weighted by Crippen LogP contribution is -2.35. The van der Waals surface area contributed by atoms with E-state index in [2.05, 4.69) is 0 Å². The third-order valence-corrected chi connectivity index (χ3v) is 4.09. The van der Waals surface area contributed by atoms with Crippen LogP contribution in [0.1, 0.15) is 5.56 Å². The number of amides is 1. The van der Waals surface area contributed by atoms with E-state index in [0.717, 1.165) is 16.8 Å². The fraction of sp³-hybridized carbons (Fsp3) is 0.278. The molecule has 3 rings (SSSR count). The smallest absolute Gasteiger partial charge is 0.253 e. The Morgan fingerprint density at radius 1 is 1.21 bits per heavy atom. The predicted octanol–water partition coefficient (Wildman–Crippen LogP) is 3.66. The molecule has 1 aliphatic heterocycles. The average Bonchev–Trinajstić information content (AvgIpc) is 2.70. The molecule has 6 heteroatoms. The molecule has 0 N–H and O–H groups in total. The Morgan fingerprint density at radius 2 is 2.04 bits per heavy atom. The molecule has 126 valence electrons. The van der Waals surface area contributed by atoms with Gasteiger partial charge in [-0.1, -0.05) is 17.7 Å². The molecular formula is C18H17ClFNO3. The van der Waals surface area contributed by atoms with Crippen LogP contribution in [0.3, 0.4) is 0 Å². The number of benzene rings is 2. The molecule has 0 spiro atoms. The van der Waals surface area contributed by atoms with E-state index < -0.39 is 0 Å². The third kappa shape index (κ3) is 3.59. The lowest BCUT2D eigenvalue weighted by molar-refractivity contribution is -0.123. The molecule has 0 bridgehead atoms. The summed E-state index contributed by atoms with van der Waals surface area (Å²) in [5.74, 6) is -0.493. The fourth-order valence-electron chi connectivity index (χ4n) is 2.75. The van der Waals surface area contributed by atoms with Crippen LogP contribution in [0.4, 0.5) is 10.1 Å². The van der Waals surface area contributed by atoms with Crippen LogP contribution in [0.5, 0.6) is 0 Å². The molecule has 1 heterocycles. The molecule has 0 aliphatic carbocycles. The molecule has 0 fully saturated rings. The van der Waals surface area contributed by atoms with E-state index in [0.29, 0.717) is 30.3 Å². The highest BCUT2D eigenvalue weighted by Crippen LogP contribution is 2.31. The average molecular weight is 350 g/mol. The van der Waals surface area contributed by atoms with Gasteiger partial charge in [0.05, 0.1) is 13.2 Å². The van der Waals surface area contributed by atoms with Gasteiger partial charge in [0, 0.05) is 29.9 Å². The van der Waals surface area contributed by atoms with E-state index in [1.54, 1.807) is 18.1 Å². The number of fused-ring (bicyclic) bond motifs is 1. The van der Waals surface area contributed by atoms with Crippen molar-refractivity contribution in [2.24, 2.45) is 0 Å². The maximum Gasteiger partial charge on any atom is 0.253 e. The minimum Gasteiger partial charge on any atom is -0.383 e. The summed E-state index contributed by atoms with van der Waals surface area (Å²) in [5.41, 5.74) is 3.16. The van der Waals surface area contributed by atoms with Gasteiger partial charge in [-0.3, -0.25) is 4.79 Å². The lowest BCUT2D eigenvalue weighted by Gasteiger charge is -2.22.